The summed E-state index contributed by atoms with van der Waals surface area (Å²) in [6.07, 6.45) is 5.57. The standard InChI is InChI=1S/C11H13NO.C2H6/c1-3-5-11-9(4-2)6-7-10(8-13)12-11;1-2/h3-7,13H,2,8H2,1H3;1-2H3/b5-3-;. The first kappa shape index (κ1) is 13.6. The van der Waals surface area contributed by atoms with E-state index in [0.717, 1.165) is 11.3 Å². The molecule has 0 amide bonds. The fraction of sp³-hybridized carbons (Fsp3) is 0.308. The molecule has 1 N–H and O–H groups in total. The van der Waals surface area contributed by atoms with Crippen LogP contribution in [0.4, 0.5) is 0 Å². The summed E-state index contributed by atoms with van der Waals surface area (Å²) in [6, 6.07) is 3.70. The molecule has 0 radical (unpaired) electrons. The van der Waals surface area contributed by atoms with Gasteiger partial charge in [-0.1, -0.05) is 38.6 Å². The van der Waals surface area contributed by atoms with Gasteiger partial charge in [-0.25, -0.2) is 0 Å². The summed E-state index contributed by atoms with van der Waals surface area (Å²) in [5.74, 6) is 0. The monoisotopic (exact) mass is 205 g/mol. The van der Waals surface area contributed by atoms with Crippen LogP contribution in [0.15, 0.2) is 24.8 Å². The van der Waals surface area contributed by atoms with E-state index in [4.69, 9.17) is 5.11 Å². The van der Waals surface area contributed by atoms with Gasteiger partial charge >= 0.3 is 0 Å². The molecule has 0 unspecified atom stereocenters. The van der Waals surface area contributed by atoms with E-state index in [-0.39, 0.29) is 6.61 Å². The zero-order valence-corrected chi connectivity index (χ0v) is 9.70. The van der Waals surface area contributed by atoms with Gasteiger partial charge in [0.1, 0.15) is 0 Å². The molecule has 0 saturated carbocycles. The second kappa shape index (κ2) is 7.94. The minimum Gasteiger partial charge on any atom is -0.390 e. The van der Waals surface area contributed by atoms with Crippen molar-refractivity contribution in [2.75, 3.05) is 0 Å². The van der Waals surface area contributed by atoms with Crippen LogP contribution < -0.4 is 0 Å². The third-order valence-corrected chi connectivity index (χ3v) is 1.72. The van der Waals surface area contributed by atoms with E-state index in [2.05, 4.69) is 11.6 Å². The largest absolute Gasteiger partial charge is 0.390 e. The normalized spacial score (nSPS) is 9.60. The lowest BCUT2D eigenvalue weighted by molar-refractivity contribution is 0.277. The summed E-state index contributed by atoms with van der Waals surface area (Å²) in [7, 11) is 0. The van der Waals surface area contributed by atoms with Gasteiger partial charge in [0.2, 0.25) is 0 Å². The first-order chi connectivity index (χ1) is 7.31. The molecule has 1 rings (SSSR count). The quantitative estimate of drug-likeness (QED) is 0.821. The fourth-order valence-corrected chi connectivity index (χ4v) is 1.08. The lowest BCUT2D eigenvalue weighted by Gasteiger charge is -2.02. The highest BCUT2D eigenvalue weighted by atomic mass is 16.3. The Bertz CT molecular complexity index is 329. The molecular weight excluding hydrogens is 186 g/mol. The Hall–Kier alpha value is -1.41. The summed E-state index contributed by atoms with van der Waals surface area (Å²) >= 11 is 0. The Morgan fingerprint density at radius 1 is 1.40 bits per heavy atom. The third kappa shape index (κ3) is 4.09. The number of aliphatic hydroxyl groups is 1. The number of aromatic nitrogens is 1. The minimum atomic E-state index is -0.0258. The summed E-state index contributed by atoms with van der Waals surface area (Å²) in [6.45, 7) is 9.60. The van der Waals surface area contributed by atoms with Gasteiger partial charge in [0.15, 0.2) is 0 Å². The number of allylic oxidation sites excluding steroid dienone is 1. The van der Waals surface area contributed by atoms with E-state index in [1.54, 1.807) is 12.1 Å². The maximum Gasteiger partial charge on any atom is 0.0853 e. The Labute approximate surface area is 92.0 Å². The van der Waals surface area contributed by atoms with E-state index in [0.29, 0.717) is 5.69 Å². The van der Waals surface area contributed by atoms with Gasteiger partial charge in [0.05, 0.1) is 18.0 Å². The van der Waals surface area contributed by atoms with E-state index in [1.165, 1.54) is 0 Å². The van der Waals surface area contributed by atoms with Crippen LogP contribution in [-0.4, -0.2) is 10.1 Å². The minimum absolute atomic E-state index is 0.0258. The fourth-order valence-electron chi connectivity index (χ4n) is 1.08. The van der Waals surface area contributed by atoms with Gasteiger partial charge in [-0.05, 0) is 24.6 Å². The van der Waals surface area contributed by atoms with E-state index in [9.17, 15) is 0 Å². The number of aliphatic hydroxyl groups excluding tert-OH is 1. The Balaban J connectivity index is 0.000000921. The molecule has 2 nitrogen and oxygen atoms in total. The molecule has 0 bridgehead atoms. The Morgan fingerprint density at radius 2 is 2.07 bits per heavy atom. The number of hydrogen-bond acceptors (Lipinski definition) is 2. The van der Waals surface area contributed by atoms with Crippen LogP contribution in [0, 0.1) is 0 Å². The summed E-state index contributed by atoms with van der Waals surface area (Å²) in [4.78, 5) is 4.24. The van der Waals surface area contributed by atoms with Gasteiger partial charge in [-0.3, -0.25) is 4.98 Å². The molecule has 1 heterocycles. The predicted octanol–water partition coefficient (Wildman–Crippen LogP) is 3.28. The van der Waals surface area contributed by atoms with Crippen molar-refractivity contribution in [2.45, 2.75) is 27.4 Å². The van der Waals surface area contributed by atoms with Gasteiger partial charge in [0, 0.05) is 0 Å². The summed E-state index contributed by atoms with van der Waals surface area (Å²) in [5.41, 5.74) is 2.51. The SMILES string of the molecule is C=Cc1ccc(CO)nc1/C=C\C.CC. The molecule has 15 heavy (non-hydrogen) atoms. The molecule has 0 atom stereocenters. The molecule has 0 aromatic carbocycles. The maximum absolute atomic E-state index is 8.88. The summed E-state index contributed by atoms with van der Waals surface area (Å²) < 4.78 is 0. The number of nitrogens with zero attached hydrogens (tertiary/aromatic N) is 1. The topological polar surface area (TPSA) is 33.1 Å². The van der Waals surface area contributed by atoms with Crippen molar-refractivity contribution in [3.05, 3.63) is 41.7 Å². The lowest BCUT2D eigenvalue weighted by Crippen LogP contribution is -1.93. The van der Waals surface area contributed by atoms with Gasteiger partial charge in [-0.15, -0.1) is 0 Å². The Morgan fingerprint density at radius 3 is 2.53 bits per heavy atom. The van der Waals surface area contributed by atoms with Crippen LogP contribution in [-0.2, 0) is 6.61 Å². The number of rotatable bonds is 3. The molecule has 0 fully saturated rings. The molecular formula is C13H19NO. The van der Waals surface area contributed by atoms with Crippen molar-refractivity contribution < 1.29 is 5.11 Å². The first-order valence-electron chi connectivity index (χ1n) is 5.17. The highest BCUT2D eigenvalue weighted by Gasteiger charge is 1.98. The average Bonchev–Trinajstić information content (AvgIpc) is 2.32. The molecule has 0 spiro atoms. The molecule has 1 aromatic rings. The molecule has 0 aliphatic heterocycles. The van der Waals surface area contributed by atoms with Crippen molar-refractivity contribution in [1.82, 2.24) is 4.98 Å². The van der Waals surface area contributed by atoms with Crippen molar-refractivity contribution in [1.29, 1.82) is 0 Å². The highest BCUT2D eigenvalue weighted by molar-refractivity contribution is 5.61. The smallest absolute Gasteiger partial charge is 0.0853 e. The first-order valence-corrected chi connectivity index (χ1v) is 5.17. The molecule has 0 saturated heterocycles. The lowest BCUT2D eigenvalue weighted by atomic mass is 10.1. The number of pyridine rings is 1. The van der Waals surface area contributed by atoms with Crippen molar-refractivity contribution in [2.24, 2.45) is 0 Å². The van der Waals surface area contributed by atoms with E-state index >= 15 is 0 Å². The van der Waals surface area contributed by atoms with Crippen LogP contribution in [0.2, 0.25) is 0 Å². The van der Waals surface area contributed by atoms with Gasteiger partial charge < -0.3 is 5.11 Å². The van der Waals surface area contributed by atoms with Crippen LogP contribution in [0.25, 0.3) is 12.2 Å². The molecule has 82 valence electrons. The second-order valence-electron chi connectivity index (χ2n) is 2.64. The van der Waals surface area contributed by atoms with Crippen LogP contribution in [0.5, 0.6) is 0 Å². The van der Waals surface area contributed by atoms with Gasteiger partial charge in [0.25, 0.3) is 0 Å². The van der Waals surface area contributed by atoms with Crippen molar-refractivity contribution >= 4 is 12.2 Å². The maximum atomic E-state index is 8.88. The van der Waals surface area contributed by atoms with Gasteiger partial charge in [-0.2, -0.15) is 0 Å². The zero-order chi connectivity index (χ0) is 11.7. The molecule has 0 aliphatic carbocycles. The molecule has 0 aliphatic rings. The average molecular weight is 205 g/mol. The van der Waals surface area contributed by atoms with Crippen LogP contribution >= 0.6 is 0 Å². The highest BCUT2D eigenvalue weighted by Crippen LogP contribution is 2.11. The molecule has 1 aromatic heterocycles. The predicted molar refractivity (Wildman–Crippen MR) is 66.3 cm³/mol. The summed E-state index contributed by atoms with van der Waals surface area (Å²) in [5, 5.41) is 8.88. The van der Waals surface area contributed by atoms with Crippen LogP contribution in [0.1, 0.15) is 37.7 Å². The van der Waals surface area contributed by atoms with E-state index < -0.39 is 0 Å². The zero-order valence-electron chi connectivity index (χ0n) is 9.70. The van der Waals surface area contributed by atoms with E-state index in [1.807, 2.05) is 39.0 Å². The molecule has 2 heteroatoms. The van der Waals surface area contributed by atoms with Crippen molar-refractivity contribution in [3.8, 4) is 0 Å². The van der Waals surface area contributed by atoms with Crippen LogP contribution in [0.3, 0.4) is 0 Å². The van der Waals surface area contributed by atoms with Crippen molar-refractivity contribution in [3.63, 3.8) is 0 Å². The number of hydrogen-bond donors (Lipinski definition) is 1. The Kier molecular flexibility index (Phi) is 7.20. The second-order valence-corrected chi connectivity index (χ2v) is 2.64. The third-order valence-electron chi connectivity index (χ3n) is 1.72.